The van der Waals surface area contributed by atoms with Crippen LogP contribution in [0.25, 0.3) is 0 Å². The number of aryl methyl sites for hydroxylation is 1. The molecule has 0 saturated heterocycles. The fourth-order valence-corrected chi connectivity index (χ4v) is 2.45. The molecule has 0 bridgehead atoms. The summed E-state index contributed by atoms with van der Waals surface area (Å²) in [5.41, 5.74) is 6.55. The van der Waals surface area contributed by atoms with E-state index in [2.05, 4.69) is 47.6 Å². The molecule has 2 aromatic rings. The SMILES string of the molecule is CCc1ccc(Cc2ccc3c(c2)CCN3)nc1. The maximum Gasteiger partial charge on any atom is 0.0447 e. The molecule has 1 aromatic heterocycles. The minimum atomic E-state index is 0.928. The Hall–Kier alpha value is -1.83. The molecular formula is C16H18N2. The Bertz CT molecular complexity index is 544. The minimum Gasteiger partial charge on any atom is -0.384 e. The lowest BCUT2D eigenvalue weighted by atomic mass is 10.0. The number of nitrogens with zero attached hydrogens (tertiary/aromatic N) is 1. The average molecular weight is 238 g/mol. The number of nitrogens with one attached hydrogen (secondary N) is 1. The van der Waals surface area contributed by atoms with Crippen LogP contribution in [0.3, 0.4) is 0 Å². The molecule has 0 fully saturated rings. The number of hydrogen-bond donors (Lipinski definition) is 1. The molecule has 18 heavy (non-hydrogen) atoms. The van der Waals surface area contributed by atoms with Gasteiger partial charge < -0.3 is 5.32 Å². The van der Waals surface area contributed by atoms with Crippen molar-refractivity contribution in [1.82, 2.24) is 4.98 Å². The minimum absolute atomic E-state index is 0.928. The van der Waals surface area contributed by atoms with Gasteiger partial charge in [0.2, 0.25) is 0 Å². The van der Waals surface area contributed by atoms with Crippen LogP contribution < -0.4 is 5.32 Å². The van der Waals surface area contributed by atoms with Gasteiger partial charge in [-0.3, -0.25) is 4.98 Å². The maximum atomic E-state index is 4.52. The van der Waals surface area contributed by atoms with Crippen LogP contribution in [-0.2, 0) is 19.3 Å². The van der Waals surface area contributed by atoms with E-state index >= 15 is 0 Å². The number of rotatable bonds is 3. The summed E-state index contributed by atoms with van der Waals surface area (Å²) in [6.07, 6.45) is 5.12. The van der Waals surface area contributed by atoms with Crippen molar-refractivity contribution in [3.8, 4) is 0 Å². The lowest BCUT2D eigenvalue weighted by Crippen LogP contribution is -1.94. The van der Waals surface area contributed by atoms with Crippen molar-refractivity contribution in [2.24, 2.45) is 0 Å². The van der Waals surface area contributed by atoms with Crippen molar-refractivity contribution < 1.29 is 0 Å². The molecule has 0 spiro atoms. The van der Waals surface area contributed by atoms with Crippen molar-refractivity contribution in [2.75, 3.05) is 11.9 Å². The van der Waals surface area contributed by atoms with E-state index < -0.39 is 0 Å². The van der Waals surface area contributed by atoms with Gasteiger partial charge in [-0.25, -0.2) is 0 Å². The lowest BCUT2D eigenvalue weighted by molar-refractivity contribution is 1.03. The van der Waals surface area contributed by atoms with Crippen LogP contribution >= 0.6 is 0 Å². The summed E-state index contributed by atoms with van der Waals surface area (Å²) in [6.45, 7) is 3.23. The fraction of sp³-hybridized carbons (Fsp3) is 0.312. The molecule has 0 amide bonds. The van der Waals surface area contributed by atoms with E-state index in [0.29, 0.717) is 0 Å². The third-order valence-electron chi connectivity index (χ3n) is 3.56. The van der Waals surface area contributed by atoms with Gasteiger partial charge in [-0.15, -0.1) is 0 Å². The molecule has 2 nitrogen and oxygen atoms in total. The second-order valence-electron chi connectivity index (χ2n) is 4.86. The highest BCUT2D eigenvalue weighted by atomic mass is 14.9. The number of anilines is 1. The molecule has 1 N–H and O–H groups in total. The van der Waals surface area contributed by atoms with Crippen LogP contribution in [0.4, 0.5) is 5.69 Å². The summed E-state index contributed by atoms with van der Waals surface area (Å²) in [7, 11) is 0. The third kappa shape index (κ3) is 2.23. The van der Waals surface area contributed by atoms with E-state index in [1.54, 1.807) is 0 Å². The van der Waals surface area contributed by atoms with E-state index in [0.717, 1.165) is 31.5 Å². The summed E-state index contributed by atoms with van der Waals surface area (Å²) in [6, 6.07) is 11.0. The predicted molar refractivity (Wildman–Crippen MR) is 75.1 cm³/mol. The fourth-order valence-electron chi connectivity index (χ4n) is 2.45. The monoisotopic (exact) mass is 238 g/mol. The van der Waals surface area contributed by atoms with Crippen molar-refractivity contribution in [3.63, 3.8) is 0 Å². The Balaban J connectivity index is 1.79. The van der Waals surface area contributed by atoms with Crippen LogP contribution in [-0.4, -0.2) is 11.5 Å². The first-order valence-electron chi connectivity index (χ1n) is 6.64. The third-order valence-corrected chi connectivity index (χ3v) is 3.56. The molecule has 92 valence electrons. The number of fused-ring (bicyclic) bond motifs is 1. The van der Waals surface area contributed by atoms with Gasteiger partial charge in [-0.05, 0) is 41.7 Å². The van der Waals surface area contributed by atoms with Crippen LogP contribution in [0.15, 0.2) is 36.5 Å². The van der Waals surface area contributed by atoms with Crippen molar-refractivity contribution >= 4 is 5.69 Å². The Morgan fingerprint density at radius 1 is 1.17 bits per heavy atom. The van der Waals surface area contributed by atoms with Crippen LogP contribution in [0, 0.1) is 0 Å². The number of benzene rings is 1. The van der Waals surface area contributed by atoms with Crippen molar-refractivity contribution in [2.45, 2.75) is 26.2 Å². The number of aromatic nitrogens is 1. The first-order chi connectivity index (χ1) is 8.85. The number of pyridine rings is 1. The normalized spacial score (nSPS) is 13.2. The summed E-state index contributed by atoms with van der Waals surface area (Å²) < 4.78 is 0. The smallest absolute Gasteiger partial charge is 0.0447 e. The Morgan fingerprint density at radius 3 is 2.83 bits per heavy atom. The first-order valence-corrected chi connectivity index (χ1v) is 6.64. The molecule has 1 aliphatic heterocycles. The molecule has 2 heterocycles. The molecule has 1 aliphatic rings. The molecule has 0 aliphatic carbocycles. The molecule has 0 unspecified atom stereocenters. The highest BCUT2D eigenvalue weighted by Gasteiger charge is 2.10. The number of hydrogen-bond acceptors (Lipinski definition) is 2. The van der Waals surface area contributed by atoms with Crippen LogP contribution in [0.2, 0.25) is 0 Å². The van der Waals surface area contributed by atoms with Crippen LogP contribution in [0.5, 0.6) is 0 Å². The first kappa shape index (κ1) is 11.3. The van der Waals surface area contributed by atoms with E-state index in [1.165, 1.54) is 22.4 Å². The Labute approximate surface area is 108 Å². The van der Waals surface area contributed by atoms with Gasteiger partial charge in [-0.1, -0.05) is 25.1 Å². The van der Waals surface area contributed by atoms with E-state index in [-0.39, 0.29) is 0 Å². The molecule has 1 aromatic carbocycles. The Kier molecular flexibility index (Phi) is 3.01. The van der Waals surface area contributed by atoms with Gasteiger partial charge in [0.1, 0.15) is 0 Å². The van der Waals surface area contributed by atoms with Gasteiger partial charge in [0, 0.05) is 30.5 Å². The second-order valence-corrected chi connectivity index (χ2v) is 4.86. The zero-order chi connectivity index (χ0) is 12.4. The largest absolute Gasteiger partial charge is 0.384 e. The maximum absolute atomic E-state index is 4.52. The van der Waals surface area contributed by atoms with Crippen LogP contribution in [0.1, 0.15) is 29.3 Å². The van der Waals surface area contributed by atoms with Gasteiger partial charge >= 0.3 is 0 Å². The highest BCUT2D eigenvalue weighted by Crippen LogP contribution is 2.23. The van der Waals surface area contributed by atoms with Gasteiger partial charge in [0.15, 0.2) is 0 Å². The average Bonchev–Trinajstić information content (AvgIpc) is 2.87. The van der Waals surface area contributed by atoms with Gasteiger partial charge in [-0.2, -0.15) is 0 Å². The van der Waals surface area contributed by atoms with Crippen molar-refractivity contribution in [1.29, 1.82) is 0 Å². The molecular weight excluding hydrogens is 220 g/mol. The Morgan fingerprint density at radius 2 is 2.06 bits per heavy atom. The summed E-state index contributed by atoms with van der Waals surface area (Å²) in [5.74, 6) is 0. The topological polar surface area (TPSA) is 24.9 Å². The molecule has 0 radical (unpaired) electrons. The molecule has 2 heteroatoms. The zero-order valence-corrected chi connectivity index (χ0v) is 10.7. The van der Waals surface area contributed by atoms with Gasteiger partial charge in [0.05, 0.1) is 0 Å². The van der Waals surface area contributed by atoms with Gasteiger partial charge in [0.25, 0.3) is 0 Å². The molecule has 0 saturated carbocycles. The summed E-state index contributed by atoms with van der Waals surface area (Å²) in [5, 5.41) is 3.39. The predicted octanol–water partition coefficient (Wildman–Crippen LogP) is 3.20. The lowest BCUT2D eigenvalue weighted by Gasteiger charge is -2.05. The summed E-state index contributed by atoms with van der Waals surface area (Å²) >= 11 is 0. The molecule has 3 rings (SSSR count). The van der Waals surface area contributed by atoms with E-state index in [9.17, 15) is 0 Å². The zero-order valence-electron chi connectivity index (χ0n) is 10.7. The molecule has 0 atom stereocenters. The van der Waals surface area contributed by atoms with Crippen molar-refractivity contribution in [3.05, 3.63) is 58.9 Å². The summed E-state index contributed by atoms with van der Waals surface area (Å²) in [4.78, 5) is 4.52. The quantitative estimate of drug-likeness (QED) is 0.888. The highest BCUT2D eigenvalue weighted by molar-refractivity contribution is 5.56. The second kappa shape index (κ2) is 4.81. The standard InChI is InChI=1S/C16H18N2/c1-2-12-3-5-15(18-11-12)10-13-4-6-16-14(9-13)7-8-17-16/h3-6,9,11,17H,2,7-8,10H2,1H3. The van der Waals surface area contributed by atoms with E-state index in [4.69, 9.17) is 0 Å². The van der Waals surface area contributed by atoms with E-state index in [1.807, 2.05) is 6.20 Å².